The second-order valence-electron chi connectivity index (χ2n) is 4.13. The predicted octanol–water partition coefficient (Wildman–Crippen LogP) is 1.08. The Morgan fingerprint density at radius 1 is 1.41 bits per heavy atom. The molecule has 1 aliphatic rings. The number of sulfone groups is 1. The lowest BCUT2D eigenvalue weighted by Gasteiger charge is -2.22. The van der Waals surface area contributed by atoms with Crippen molar-refractivity contribution in [1.82, 2.24) is 10.3 Å². The number of hydrogen-bond donors (Lipinski definition) is 2. The lowest BCUT2D eigenvalue weighted by Crippen LogP contribution is -2.40. The van der Waals surface area contributed by atoms with Gasteiger partial charge < -0.3 is 10.3 Å². The summed E-state index contributed by atoms with van der Waals surface area (Å²) >= 11 is 3.25. The van der Waals surface area contributed by atoms with Crippen LogP contribution in [-0.2, 0) is 9.84 Å². The van der Waals surface area contributed by atoms with E-state index in [2.05, 4.69) is 26.2 Å². The van der Waals surface area contributed by atoms with Gasteiger partial charge >= 0.3 is 0 Å². The lowest BCUT2D eigenvalue weighted by molar-refractivity contribution is 0.0930. The largest absolute Gasteiger partial charge is 0.356 e. The maximum Gasteiger partial charge on any atom is 0.267 e. The molecule has 0 aromatic carbocycles. The van der Waals surface area contributed by atoms with E-state index >= 15 is 0 Å². The summed E-state index contributed by atoms with van der Waals surface area (Å²) < 4.78 is 23.3. The second-order valence-corrected chi connectivity index (χ2v) is 7.35. The Morgan fingerprint density at radius 3 is 2.59 bits per heavy atom. The quantitative estimate of drug-likeness (QED) is 0.856. The highest BCUT2D eigenvalue weighted by Gasteiger charge is 2.25. The fourth-order valence-corrected chi connectivity index (χ4v) is 3.63. The van der Waals surface area contributed by atoms with E-state index in [-0.39, 0.29) is 23.5 Å². The fraction of sp³-hybridized carbons (Fsp3) is 0.500. The first-order chi connectivity index (χ1) is 7.96. The minimum absolute atomic E-state index is 0.0481. The summed E-state index contributed by atoms with van der Waals surface area (Å²) in [6.45, 7) is 0. The molecule has 7 heteroatoms. The minimum Gasteiger partial charge on any atom is -0.356 e. The predicted molar refractivity (Wildman–Crippen MR) is 67.6 cm³/mol. The molecular weight excluding hydrogens is 308 g/mol. The third kappa shape index (κ3) is 3.32. The standard InChI is InChI=1S/C10H13BrN2O3S/c11-7-5-9(12-6-7)10(14)13-8-1-3-17(15,16)4-2-8/h5-6,8,12H,1-4H2,(H,13,14). The average Bonchev–Trinajstić information content (AvgIpc) is 2.68. The van der Waals surface area contributed by atoms with Gasteiger partial charge in [-0.15, -0.1) is 0 Å². The number of aromatic nitrogens is 1. The van der Waals surface area contributed by atoms with E-state index in [4.69, 9.17) is 0 Å². The molecule has 0 aliphatic carbocycles. The maximum atomic E-state index is 11.8. The molecule has 1 fully saturated rings. The Morgan fingerprint density at radius 2 is 2.06 bits per heavy atom. The smallest absolute Gasteiger partial charge is 0.267 e. The Kier molecular flexibility index (Phi) is 3.58. The van der Waals surface area contributed by atoms with Crippen molar-refractivity contribution in [3.8, 4) is 0 Å². The van der Waals surface area contributed by atoms with Crippen LogP contribution in [0.5, 0.6) is 0 Å². The Balaban J connectivity index is 1.92. The van der Waals surface area contributed by atoms with E-state index in [0.29, 0.717) is 18.5 Å². The van der Waals surface area contributed by atoms with E-state index in [0.717, 1.165) is 4.47 Å². The summed E-state index contributed by atoms with van der Waals surface area (Å²) in [5.74, 6) is 0.124. The molecular formula is C10H13BrN2O3S. The lowest BCUT2D eigenvalue weighted by atomic mass is 10.1. The molecule has 94 valence electrons. The summed E-state index contributed by atoms with van der Waals surface area (Å²) in [5.41, 5.74) is 0.477. The average molecular weight is 321 g/mol. The van der Waals surface area contributed by atoms with Gasteiger partial charge in [0.05, 0.1) is 11.5 Å². The van der Waals surface area contributed by atoms with Gasteiger partial charge in [0.2, 0.25) is 0 Å². The number of carbonyl (C=O) groups is 1. The molecule has 2 heterocycles. The van der Waals surface area contributed by atoms with E-state index < -0.39 is 9.84 Å². The third-order valence-corrected chi connectivity index (χ3v) is 4.96. The van der Waals surface area contributed by atoms with Crippen molar-refractivity contribution in [2.45, 2.75) is 18.9 Å². The summed E-state index contributed by atoms with van der Waals surface area (Å²) in [6.07, 6.45) is 2.67. The first-order valence-corrected chi connectivity index (χ1v) is 7.93. The molecule has 0 atom stereocenters. The normalized spacial score (nSPS) is 20.1. The molecule has 0 radical (unpaired) electrons. The Labute approximate surface area is 108 Å². The number of H-pyrrole nitrogens is 1. The van der Waals surface area contributed by atoms with E-state index in [1.165, 1.54) is 0 Å². The number of hydrogen-bond acceptors (Lipinski definition) is 3. The topological polar surface area (TPSA) is 79.0 Å². The number of carbonyl (C=O) groups excluding carboxylic acids is 1. The van der Waals surface area contributed by atoms with Crippen molar-refractivity contribution in [3.05, 3.63) is 22.4 Å². The number of aromatic amines is 1. The van der Waals surface area contributed by atoms with Crippen LogP contribution in [-0.4, -0.2) is 36.9 Å². The molecule has 2 rings (SSSR count). The highest BCUT2D eigenvalue weighted by atomic mass is 79.9. The van der Waals surface area contributed by atoms with Crippen molar-refractivity contribution in [3.63, 3.8) is 0 Å². The zero-order valence-electron chi connectivity index (χ0n) is 9.07. The van der Waals surface area contributed by atoms with E-state index in [9.17, 15) is 13.2 Å². The van der Waals surface area contributed by atoms with Crippen molar-refractivity contribution in [1.29, 1.82) is 0 Å². The zero-order chi connectivity index (χ0) is 12.5. The van der Waals surface area contributed by atoms with Gasteiger partial charge in [-0.3, -0.25) is 4.79 Å². The molecule has 0 unspecified atom stereocenters. The van der Waals surface area contributed by atoms with Crippen LogP contribution in [0.1, 0.15) is 23.3 Å². The molecule has 5 nitrogen and oxygen atoms in total. The Hall–Kier alpha value is -0.820. The van der Waals surface area contributed by atoms with Gasteiger partial charge in [-0.2, -0.15) is 0 Å². The fourth-order valence-electron chi connectivity index (χ4n) is 1.80. The van der Waals surface area contributed by atoms with Crippen molar-refractivity contribution >= 4 is 31.7 Å². The first-order valence-electron chi connectivity index (χ1n) is 5.31. The summed E-state index contributed by atoms with van der Waals surface area (Å²) in [6, 6.07) is 1.64. The van der Waals surface area contributed by atoms with Crippen LogP contribution in [0.2, 0.25) is 0 Å². The van der Waals surface area contributed by atoms with Gasteiger partial charge in [-0.05, 0) is 34.8 Å². The van der Waals surface area contributed by atoms with Gasteiger partial charge in [-0.1, -0.05) is 0 Å². The van der Waals surface area contributed by atoms with E-state index in [1.54, 1.807) is 12.3 Å². The monoisotopic (exact) mass is 320 g/mol. The van der Waals surface area contributed by atoms with Gasteiger partial charge in [0, 0.05) is 16.7 Å². The van der Waals surface area contributed by atoms with Crippen molar-refractivity contribution in [2.75, 3.05) is 11.5 Å². The van der Waals surface area contributed by atoms with Gasteiger partial charge in [-0.25, -0.2) is 8.42 Å². The molecule has 1 saturated heterocycles. The van der Waals surface area contributed by atoms with Gasteiger partial charge in [0.15, 0.2) is 0 Å². The second kappa shape index (κ2) is 4.81. The maximum absolute atomic E-state index is 11.8. The SMILES string of the molecule is O=C(NC1CCS(=O)(=O)CC1)c1cc(Br)c[nH]1. The molecule has 0 saturated carbocycles. The molecule has 0 bridgehead atoms. The van der Waals surface area contributed by atoms with Crippen LogP contribution in [0.25, 0.3) is 0 Å². The molecule has 1 aromatic heterocycles. The number of rotatable bonds is 2. The Bertz CT molecular complexity index is 509. The highest BCUT2D eigenvalue weighted by Crippen LogP contribution is 2.14. The number of amides is 1. The van der Waals surface area contributed by atoms with Crippen LogP contribution < -0.4 is 5.32 Å². The van der Waals surface area contributed by atoms with Gasteiger partial charge in [0.1, 0.15) is 15.5 Å². The zero-order valence-corrected chi connectivity index (χ0v) is 11.5. The molecule has 0 spiro atoms. The highest BCUT2D eigenvalue weighted by molar-refractivity contribution is 9.10. The number of nitrogens with one attached hydrogen (secondary N) is 2. The summed E-state index contributed by atoms with van der Waals surface area (Å²) in [5, 5.41) is 2.83. The van der Waals surface area contributed by atoms with Crippen molar-refractivity contribution in [2.24, 2.45) is 0 Å². The molecule has 17 heavy (non-hydrogen) atoms. The molecule has 1 aromatic rings. The first kappa shape index (κ1) is 12.6. The minimum atomic E-state index is -2.88. The van der Waals surface area contributed by atoms with Crippen LogP contribution in [0.3, 0.4) is 0 Å². The molecule has 2 N–H and O–H groups in total. The summed E-state index contributed by atoms with van der Waals surface area (Å²) in [7, 11) is -2.88. The number of halogens is 1. The third-order valence-electron chi connectivity index (χ3n) is 2.78. The van der Waals surface area contributed by atoms with Crippen LogP contribution in [0, 0.1) is 0 Å². The summed E-state index contributed by atoms with van der Waals surface area (Å²) in [4.78, 5) is 14.6. The van der Waals surface area contributed by atoms with Gasteiger partial charge in [0.25, 0.3) is 5.91 Å². The van der Waals surface area contributed by atoms with Crippen LogP contribution in [0.15, 0.2) is 16.7 Å². The van der Waals surface area contributed by atoms with Crippen LogP contribution in [0.4, 0.5) is 0 Å². The van der Waals surface area contributed by atoms with E-state index in [1.807, 2.05) is 0 Å². The molecule has 1 aliphatic heterocycles. The van der Waals surface area contributed by atoms with Crippen molar-refractivity contribution < 1.29 is 13.2 Å². The molecule has 1 amide bonds. The van der Waals surface area contributed by atoms with Crippen LogP contribution >= 0.6 is 15.9 Å².